The van der Waals surface area contributed by atoms with E-state index in [1.807, 2.05) is 10.9 Å². The Labute approximate surface area is 77.7 Å². The molecule has 0 amide bonds. The molecule has 1 saturated carbocycles. The number of hydrogen-bond acceptors (Lipinski definition) is 3. The van der Waals surface area contributed by atoms with E-state index in [1.165, 1.54) is 6.42 Å². The minimum Gasteiger partial charge on any atom is -0.493 e. The fourth-order valence-corrected chi connectivity index (χ4v) is 1.90. The van der Waals surface area contributed by atoms with Crippen molar-refractivity contribution in [3.63, 3.8) is 0 Å². The SMILES string of the molecule is COc1cnn(C2CCCC2N)c1. The molecule has 0 saturated heterocycles. The third-order valence-corrected chi connectivity index (χ3v) is 2.68. The smallest absolute Gasteiger partial charge is 0.156 e. The van der Waals surface area contributed by atoms with Gasteiger partial charge in [-0.25, -0.2) is 0 Å². The maximum atomic E-state index is 5.96. The fraction of sp³-hybridized carbons (Fsp3) is 0.667. The van der Waals surface area contributed by atoms with E-state index in [-0.39, 0.29) is 6.04 Å². The van der Waals surface area contributed by atoms with E-state index in [2.05, 4.69) is 5.10 Å². The first-order valence-corrected chi connectivity index (χ1v) is 4.65. The van der Waals surface area contributed by atoms with E-state index in [4.69, 9.17) is 10.5 Å². The monoisotopic (exact) mass is 181 g/mol. The average molecular weight is 181 g/mol. The quantitative estimate of drug-likeness (QED) is 0.738. The summed E-state index contributed by atoms with van der Waals surface area (Å²) >= 11 is 0. The summed E-state index contributed by atoms with van der Waals surface area (Å²) in [5.74, 6) is 0.805. The molecule has 2 atom stereocenters. The van der Waals surface area contributed by atoms with Gasteiger partial charge in [0.2, 0.25) is 0 Å². The number of nitrogens with two attached hydrogens (primary N) is 1. The number of methoxy groups -OCH3 is 1. The molecule has 1 fully saturated rings. The maximum absolute atomic E-state index is 5.96. The van der Waals surface area contributed by atoms with Crippen molar-refractivity contribution in [2.24, 2.45) is 5.73 Å². The molecule has 2 rings (SSSR count). The standard InChI is InChI=1S/C9H15N3O/c1-13-7-5-11-12(6-7)9-4-2-3-8(9)10/h5-6,8-9H,2-4,10H2,1H3. The largest absolute Gasteiger partial charge is 0.493 e. The summed E-state index contributed by atoms with van der Waals surface area (Å²) < 4.78 is 6.99. The molecule has 72 valence electrons. The molecule has 0 spiro atoms. The fourth-order valence-electron chi connectivity index (χ4n) is 1.90. The highest BCUT2D eigenvalue weighted by Crippen LogP contribution is 2.28. The number of aromatic nitrogens is 2. The van der Waals surface area contributed by atoms with Crippen LogP contribution in [-0.2, 0) is 0 Å². The third-order valence-electron chi connectivity index (χ3n) is 2.68. The Balaban J connectivity index is 2.15. The summed E-state index contributed by atoms with van der Waals surface area (Å²) in [4.78, 5) is 0. The highest BCUT2D eigenvalue weighted by molar-refractivity contribution is 5.12. The lowest BCUT2D eigenvalue weighted by atomic mass is 10.2. The maximum Gasteiger partial charge on any atom is 0.156 e. The highest BCUT2D eigenvalue weighted by Gasteiger charge is 2.25. The van der Waals surface area contributed by atoms with E-state index < -0.39 is 0 Å². The zero-order valence-electron chi connectivity index (χ0n) is 7.81. The van der Waals surface area contributed by atoms with Crippen molar-refractivity contribution in [1.29, 1.82) is 0 Å². The van der Waals surface area contributed by atoms with Crippen LogP contribution in [0.5, 0.6) is 5.75 Å². The van der Waals surface area contributed by atoms with Crippen LogP contribution in [0.25, 0.3) is 0 Å². The van der Waals surface area contributed by atoms with Gasteiger partial charge in [0.1, 0.15) is 0 Å². The van der Waals surface area contributed by atoms with E-state index in [0.717, 1.165) is 18.6 Å². The number of ether oxygens (including phenoxy) is 1. The summed E-state index contributed by atoms with van der Waals surface area (Å²) in [6.45, 7) is 0. The zero-order chi connectivity index (χ0) is 9.26. The van der Waals surface area contributed by atoms with E-state index >= 15 is 0 Å². The molecule has 1 aromatic rings. The normalized spacial score (nSPS) is 27.8. The van der Waals surface area contributed by atoms with E-state index in [0.29, 0.717) is 6.04 Å². The van der Waals surface area contributed by atoms with Crippen molar-refractivity contribution in [3.05, 3.63) is 12.4 Å². The molecule has 2 unspecified atom stereocenters. The van der Waals surface area contributed by atoms with Crippen LogP contribution >= 0.6 is 0 Å². The Morgan fingerprint density at radius 1 is 1.62 bits per heavy atom. The molecule has 1 heterocycles. The molecule has 1 aromatic heterocycles. The Hall–Kier alpha value is -1.03. The number of hydrogen-bond donors (Lipinski definition) is 1. The van der Waals surface area contributed by atoms with Gasteiger partial charge in [0, 0.05) is 6.04 Å². The van der Waals surface area contributed by atoms with Gasteiger partial charge in [-0.15, -0.1) is 0 Å². The van der Waals surface area contributed by atoms with Crippen molar-refractivity contribution < 1.29 is 4.74 Å². The van der Waals surface area contributed by atoms with E-state index in [1.54, 1.807) is 13.3 Å². The van der Waals surface area contributed by atoms with Gasteiger partial charge in [-0.3, -0.25) is 4.68 Å². The van der Waals surface area contributed by atoms with Crippen LogP contribution in [0, 0.1) is 0 Å². The molecular weight excluding hydrogens is 166 g/mol. The number of nitrogens with zero attached hydrogens (tertiary/aromatic N) is 2. The van der Waals surface area contributed by atoms with Gasteiger partial charge in [-0.05, 0) is 19.3 Å². The molecule has 13 heavy (non-hydrogen) atoms. The molecule has 4 heteroatoms. The number of rotatable bonds is 2. The van der Waals surface area contributed by atoms with Gasteiger partial charge in [0.25, 0.3) is 0 Å². The summed E-state index contributed by atoms with van der Waals surface area (Å²) in [5, 5.41) is 4.23. The molecule has 0 radical (unpaired) electrons. The summed E-state index contributed by atoms with van der Waals surface area (Å²) in [5.41, 5.74) is 5.96. The second-order valence-corrected chi connectivity index (χ2v) is 3.52. The molecule has 0 aliphatic heterocycles. The predicted octanol–water partition coefficient (Wildman–Crippen LogP) is 0.944. The highest BCUT2D eigenvalue weighted by atomic mass is 16.5. The van der Waals surface area contributed by atoms with Crippen LogP contribution in [0.4, 0.5) is 0 Å². The van der Waals surface area contributed by atoms with Gasteiger partial charge in [-0.2, -0.15) is 5.10 Å². The van der Waals surface area contributed by atoms with Crippen molar-refractivity contribution in [2.75, 3.05) is 7.11 Å². The van der Waals surface area contributed by atoms with Crippen molar-refractivity contribution >= 4 is 0 Å². The molecule has 4 nitrogen and oxygen atoms in total. The average Bonchev–Trinajstić information content (AvgIpc) is 2.71. The summed E-state index contributed by atoms with van der Waals surface area (Å²) in [6.07, 6.45) is 7.08. The van der Waals surface area contributed by atoms with Crippen molar-refractivity contribution in [1.82, 2.24) is 9.78 Å². The lowest BCUT2D eigenvalue weighted by Gasteiger charge is -2.15. The molecule has 2 N–H and O–H groups in total. The van der Waals surface area contributed by atoms with Crippen LogP contribution in [0.15, 0.2) is 12.4 Å². The molecular formula is C9H15N3O. The third kappa shape index (κ3) is 1.54. The molecule has 0 aromatic carbocycles. The minimum atomic E-state index is 0.254. The lowest BCUT2D eigenvalue weighted by Crippen LogP contribution is -2.27. The Bertz CT molecular complexity index is 284. The first kappa shape index (κ1) is 8.56. The van der Waals surface area contributed by atoms with Crippen LogP contribution in [0.2, 0.25) is 0 Å². The molecule has 1 aliphatic carbocycles. The van der Waals surface area contributed by atoms with Gasteiger partial charge in [-0.1, -0.05) is 0 Å². The lowest BCUT2D eigenvalue weighted by molar-refractivity contribution is 0.402. The van der Waals surface area contributed by atoms with Crippen molar-refractivity contribution in [3.8, 4) is 5.75 Å². The second kappa shape index (κ2) is 3.38. The topological polar surface area (TPSA) is 53.1 Å². The second-order valence-electron chi connectivity index (χ2n) is 3.52. The minimum absolute atomic E-state index is 0.254. The zero-order valence-corrected chi connectivity index (χ0v) is 7.81. The molecule has 0 bridgehead atoms. The first-order chi connectivity index (χ1) is 6.31. The van der Waals surface area contributed by atoms with Gasteiger partial charge >= 0.3 is 0 Å². The first-order valence-electron chi connectivity index (χ1n) is 4.65. The molecule has 1 aliphatic rings. The summed E-state index contributed by atoms with van der Waals surface area (Å²) in [6, 6.07) is 0.619. The van der Waals surface area contributed by atoms with Gasteiger partial charge in [0.15, 0.2) is 5.75 Å². The van der Waals surface area contributed by atoms with Crippen LogP contribution in [-0.4, -0.2) is 22.9 Å². The van der Waals surface area contributed by atoms with E-state index in [9.17, 15) is 0 Å². The van der Waals surface area contributed by atoms with Crippen molar-refractivity contribution in [2.45, 2.75) is 31.3 Å². The van der Waals surface area contributed by atoms with Gasteiger partial charge < -0.3 is 10.5 Å². The Morgan fingerprint density at radius 2 is 2.46 bits per heavy atom. The summed E-state index contributed by atoms with van der Waals surface area (Å²) in [7, 11) is 1.65. The van der Waals surface area contributed by atoms with Crippen LogP contribution in [0.3, 0.4) is 0 Å². The predicted molar refractivity (Wildman–Crippen MR) is 49.6 cm³/mol. The van der Waals surface area contributed by atoms with Crippen LogP contribution < -0.4 is 10.5 Å². The van der Waals surface area contributed by atoms with Gasteiger partial charge in [0.05, 0.1) is 25.5 Å². The Morgan fingerprint density at radius 3 is 3.00 bits per heavy atom. The Kier molecular flexibility index (Phi) is 2.22. The van der Waals surface area contributed by atoms with Crippen LogP contribution in [0.1, 0.15) is 25.3 Å².